The number of amides is 1. The van der Waals surface area contributed by atoms with Gasteiger partial charge in [0.2, 0.25) is 0 Å². The van der Waals surface area contributed by atoms with Crippen LogP contribution in [0.1, 0.15) is 17.3 Å². The third kappa shape index (κ3) is 2.77. The molecule has 0 radical (unpaired) electrons. The van der Waals surface area contributed by atoms with E-state index in [4.69, 9.17) is 16.3 Å². The van der Waals surface area contributed by atoms with Crippen LogP contribution in [-0.4, -0.2) is 52.2 Å². The first-order valence-corrected chi connectivity index (χ1v) is 6.57. The van der Waals surface area contributed by atoms with Crippen LogP contribution in [0.15, 0.2) is 18.2 Å². The molecule has 1 fully saturated rings. The van der Waals surface area contributed by atoms with E-state index in [1.807, 2.05) is 6.92 Å². The molecule has 2 N–H and O–H groups in total. The number of halogens is 1. The molecule has 1 aliphatic heterocycles. The average Bonchev–Trinajstić information content (AvgIpc) is 2.42. The zero-order chi connectivity index (χ0) is 14.0. The van der Waals surface area contributed by atoms with Gasteiger partial charge >= 0.3 is 0 Å². The molecule has 1 aliphatic rings. The van der Waals surface area contributed by atoms with Gasteiger partial charge in [-0.3, -0.25) is 4.79 Å². The number of rotatable bonds is 2. The fourth-order valence-electron chi connectivity index (χ4n) is 2.05. The summed E-state index contributed by atoms with van der Waals surface area (Å²) in [5.41, 5.74) is 0.0853. The van der Waals surface area contributed by atoms with Crippen molar-refractivity contribution in [1.82, 2.24) is 4.90 Å². The number of hydrogen-bond donors (Lipinski definition) is 2. The van der Waals surface area contributed by atoms with Crippen LogP contribution >= 0.6 is 11.6 Å². The number of ether oxygens (including phenoxy) is 1. The predicted molar refractivity (Wildman–Crippen MR) is 70.7 cm³/mol. The molecule has 0 aromatic heterocycles. The van der Waals surface area contributed by atoms with Gasteiger partial charge in [-0.1, -0.05) is 6.07 Å². The highest BCUT2D eigenvalue weighted by atomic mass is 35.5. The molecular formula is C13H16ClNO4. The van der Waals surface area contributed by atoms with Gasteiger partial charge in [-0.25, -0.2) is 0 Å². The maximum absolute atomic E-state index is 12.4. The first-order valence-electron chi connectivity index (χ1n) is 6.04. The van der Waals surface area contributed by atoms with Gasteiger partial charge in [0.05, 0.1) is 30.2 Å². The van der Waals surface area contributed by atoms with Crippen molar-refractivity contribution < 1.29 is 19.7 Å². The zero-order valence-electron chi connectivity index (χ0n) is 10.5. The zero-order valence-corrected chi connectivity index (χ0v) is 11.3. The Morgan fingerprint density at radius 3 is 2.95 bits per heavy atom. The molecule has 6 heteroatoms. The summed E-state index contributed by atoms with van der Waals surface area (Å²) in [4.78, 5) is 14.0. The Labute approximate surface area is 116 Å². The standard InChI is InChI=1S/C13H16ClNO4/c1-8-7-19-9(5-14)6-15(8)13(18)10-3-2-4-11(16)12(10)17/h2-4,8-9,16-17H,5-7H2,1H3. The van der Waals surface area contributed by atoms with Gasteiger partial charge in [0.15, 0.2) is 11.5 Å². The topological polar surface area (TPSA) is 70.0 Å². The molecule has 0 saturated carbocycles. The summed E-state index contributed by atoms with van der Waals surface area (Å²) >= 11 is 5.75. The Hall–Kier alpha value is -1.46. The van der Waals surface area contributed by atoms with Gasteiger partial charge in [0.1, 0.15) is 0 Å². The van der Waals surface area contributed by atoms with E-state index in [2.05, 4.69) is 0 Å². The summed E-state index contributed by atoms with van der Waals surface area (Å²) in [7, 11) is 0. The molecule has 1 saturated heterocycles. The van der Waals surface area contributed by atoms with E-state index in [9.17, 15) is 15.0 Å². The monoisotopic (exact) mass is 285 g/mol. The number of phenolic OH excluding ortho intramolecular Hbond substituents is 2. The number of nitrogens with zero attached hydrogens (tertiary/aromatic N) is 1. The van der Waals surface area contributed by atoms with Crippen molar-refractivity contribution in [1.29, 1.82) is 0 Å². The molecule has 0 aliphatic carbocycles. The van der Waals surface area contributed by atoms with Crippen LogP contribution in [0, 0.1) is 0 Å². The van der Waals surface area contributed by atoms with Crippen LogP contribution in [0.5, 0.6) is 11.5 Å². The number of alkyl halides is 1. The number of carbonyl (C=O) groups excluding carboxylic acids is 1. The van der Waals surface area contributed by atoms with Crippen molar-refractivity contribution in [2.45, 2.75) is 19.1 Å². The van der Waals surface area contributed by atoms with Crippen molar-refractivity contribution in [3.8, 4) is 11.5 Å². The Kier molecular flexibility index (Phi) is 4.17. The molecular weight excluding hydrogens is 270 g/mol. The fraction of sp³-hybridized carbons (Fsp3) is 0.462. The second kappa shape index (κ2) is 5.67. The average molecular weight is 286 g/mol. The minimum Gasteiger partial charge on any atom is -0.504 e. The van der Waals surface area contributed by atoms with E-state index in [0.29, 0.717) is 19.0 Å². The summed E-state index contributed by atoms with van der Waals surface area (Å²) in [5, 5.41) is 19.2. The van der Waals surface area contributed by atoms with E-state index < -0.39 is 5.75 Å². The number of carbonyl (C=O) groups is 1. The maximum Gasteiger partial charge on any atom is 0.258 e. The fourth-order valence-corrected chi connectivity index (χ4v) is 2.24. The molecule has 19 heavy (non-hydrogen) atoms. The number of aromatic hydroxyl groups is 2. The van der Waals surface area contributed by atoms with Crippen molar-refractivity contribution in [3.63, 3.8) is 0 Å². The summed E-state index contributed by atoms with van der Waals surface area (Å²) in [6, 6.07) is 4.23. The normalized spacial score (nSPS) is 23.4. The van der Waals surface area contributed by atoms with Crippen molar-refractivity contribution in [3.05, 3.63) is 23.8 Å². The summed E-state index contributed by atoms with van der Waals surface area (Å²) in [6.45, 7) is 2.64. The maximum atomic E-state index is 12.4. The minimum absolute atomic E-state index is 0.0853. The van der Waals surface area contributed by atoms with Crippen LogP contribution in [0.25, 0.3) is 0 Å². The van der Waals surface area contributed by atoms with Crippen LogP contribution in [-0.2, 0) is 4.74 Å². The molecule has 0 spiro atoms. The Balaban J connectivity index is 2.24. The minimum atomic E-state index is -0.395. The highest BCUT2D eigenvalue weighted by Gasteiger charge is 2.31. The number of hydrogen-bond acceptors (Lipinski definition) is 4. The van der Waals surface area contributed by atoms with Crippen LogP contribution in [0.4, 0.5) is 0 Å². The third-order valence-electron chi connectivity index (χ3n) is 3.18. The van der Waals surface area contributed by atoms with Gasteiger partial charge in [0.25, 0.3) is 5.91 Å². The largest absolute Gasteiger partial charge is 0.504 e. The van der Waals surface area contributed by atoms with Gasteiger partial charge in [-0.05, 0) is 19.1 Å². The lowest BCUT2D eigenvalue weighted by molar-refractivity contribution is -0.0372. The molecule has 2 unspecified atom stereocenters. The smallest absolute Gasteiger partial charge is 0.258 e. The molecule has 2 atom stereocenters. The van der Waals surface area contributed by atoms with Crippen molar-refractivity contribution >= 4 is 17.5 Å². The quantitative estimate of drug-likeness (QED) is 0.639. The molecule has 1 aromatic carbocycles. The molecule has 1 amide bonds. The lowest BCUT2D eigenvalue weighted by Gasteiger charge is -2.37. The molecule has 1 heterocycles. The third-order valence-corrected chi connectivity index (χ3v) is 3.53. The van der Waals surface area contributed by atoms with E-state index in [-0.39, 0.29) is 29.4 Å². The number of morpholine rings is 1. The molecule has 1 aromatic rings. The summed E-state index contributed by atoms with van der Waals surface area (Å²) in [5.74, 6) is -0.726. The number of para-hydroxylation sites is 1. The van der Waals surface area contributed by atoms with Crippen LogP contribution < -0.4 is 0 Å². The second-order valence-electron chi connectivity index (χ2n) is 4.59. The first-order chi connectivity index (χ1) is 9.04. The molecule has 0 bridgehead atoms. The lowest BCUT2D eigenvalue weighted by atomic mass is 10.1. The number of phenols is 2. The summed E-state index contributed by atoms with van der Waals surface area (Å²) < 4.78 is 5.47. The second-order valence-corrected chi connectivity index (χ2v) is 4.90. The van der Waals surface area contributed by atoms with Crippen molar-refractivity contribution in [2.75, 3.05) is 19.0 Å². The van der Waals surface area contributed by atoms with Crippen molar-refractivity contribution in [2.24, 2.45) is 0 Å². The van der Waals surface area contributed by atoms with Gasteiger partial charge in [0, 0.05) is 6.54 Å². The van der Waals surface area contributed by atoms with Crippen LogP contribution in [0.2, 0.25) is 0 Å². The highest BCUT2D eigenvalue weighted by Crippen LogP contribution is 2.30. The predicted octanol–water partition coefficient (Wildman–Crippen LogP) is 1.57. The Morgan fingerprint density at radius 2 is 2.26 bits per heavy atom. The lowest BCUT2D eigenvalue weighted by Crippen LogP contribution is -2.51. The van der Waals surface area contributed by atoms with Gasteiger partial charge in [-0.15, -0.1) is 11.6 Å². The number of benzene rings is 1. The van der Waals surface area contributed by atoms with Gasteiger partial charge < -0.3 is 19.8 Å². The molecule has 104 valence electrons. The molecule has 2 rings (SSSR count). The molecule has 5 nitrogen and oxygen atoms in total. The van der Waals surface area contributed by atoms with E-state index in [1.54, 1.807) is 4.90 Å². The summed E-state index contributed by atoms with van der Waals surface area (Å²) in [6.07, 6.45) is -0.207. The Bertz CT molecular complexity index is 480. The van der Waals surface area contributed by atoms with E-state index >= 15 is 0 Å². The highest BCUT2D eigenvalue weighted by molar-refractivity contribution is 6.18. The first kappa shape index (κ1) is 14.0. The SMILES string of the molecule is CC1COC(CCl)CN1C(=O)c1cccc(O)c1O. The van der Waals surface area contributed by atoms with E-state index in [1.165, 1.54) is 18.2 Å². The Morgan fingerprint density at radius 1 is 1.53 bits per heavy atom. The van der Waals surface area contributed by atoms with E-state index in [0.717, 1.165) is 0 Å². The van der Waals surface area contributed by atoms with Crippen LogP contribution in [0.3, 0.4) is 0 Å². The van der Waals surface area contributed by atoms with Gasteiger partial charge in [-0.2, -0.15) is 0 Å².